The molecule has 0 aromatic carbocycles. The average Bonchev–Trinajstić information content (AvgIpc) is 2.57. The first-order valence-corrected chi connectivity index (χ1v) is 4.48. The van der Waals surface area contributed by atoms with Crippen LogP contribution in [0.5, 0.6) is 0 Å². The first kappa shape index (κ1) is 11.9. The summed E-state index contributed by atoms with van der Waals surface area (Å²) in [5.41, 5.74) is 0. The molecule has 1 rings (SSSR count). The fourth-order valence-corrected chi connectivity index (χ4v) is 1.00. The van der Waals surface area contributed by atoms with Crippen LogP contribution in [0.3, 0.4) is 0 Å². The van der Waals surface area contributed by atoms with E-state index >= 15 is 0 Å². The normalized spacial score (nSPS) is 14.0. The van der Waals surface area contributed by atoms with Crippen molar-refractivity contribution < 1.29 is 19.4 Å². The number of carbonyl (C=O) groups is 2. The van der Waals surface area contributed by atoms with E-state index in [0.717, 1.165) is 13.8 Å². The van der Waals surface area contributed by atoms with Crippen molar-refractivity contribution in [1.82, 2.24) is 0 Å². The summed E-state index contributed by atoms with van der Waals surface area (Å²) in [5, 5.41) is 0. The molecule has 0 heterocycles. The van der Waals surface area contributed by atoms with E-state index in [1.165, 1.54) is 32.1 Å². The van der Waals surface area contributed by atoms with Crippen molar-refractivity contribution in [3.63, 3.8) is 0 Å². The van der Waals surface area contributed by atoms with Gasteiger partial charge in [-0.3, -0.25) is 0 Å². The Labute approximate surface area is 78.1 Å². The zero-order chi connectivity index (χ0) is 10.1. The lowest BCUT2D eigenvalue weighted by atomic mass is 10.4. The second-order valence-corrected chi connectivity index (χ2v) is 2.92. The Bertz CT molecular complexity index is 139. The molecule has 0 atom stereocenters. The molecule has 0 unspecified atom stereocenters. The smallest absolute Gasteiger partial charge is 0.248 e. The Hall–Kier alpha value is -1.06. The van der Waals surface area contributed by atoms with Gasteiger partial charge in [-0.05, 0) is 0 Å². The molecule has 0 aromatic rings. The minimum Gasteiger partial charge on any atom is -0.248 e. The molecule has 0 N–H and O–H groups in total. The van der Waals surface area contributed by atoms with Crippen molar-refractivity contribution in [2.24, 2.45) is 0 Å². The van der Waals surface area contributed by atoms with Crippen molar-refractivity contribution in [2.75, 3.05) is 0 Å². The van der Waals surface area contributed by atoms with E-state index in [1.54, 1.807) is 0 Å². The molecule has 1 saturated carbocycles. The minimum absolute atomic E-state index is 0.639. The van der Waals surface area contributed by atoms with Crippen molar-refractivity contribution in [2.45, 2.75) is 46.0 Å². The number of rotatable bonds is 0. The third kappa shape index (κ3) is 10.9. The molecular formula is C9H16O4. The van der Waals surface area contributed by atoms with Gasteiger partial charge in [0.05, 0.1) is 0 Å². The molecule has 4 heteroatoms. The van der Waals surface area contributed by atoms with E-state index in [1.807, 2.05) is 0 Å². The van der Waals surface area contributed by atoms with Crippen LogP contribution in [-0.2, 0) is 19.4 Å². The maximum atomic E-state index is 9.85. The van der Waals surface area contributed by atoms with Gasteiger partial charge in [-0.15, -0.1) is 0 Å². The van der Waals surface area contributed by atoms with Crippen LogP contribution >= 0.6 is 0 Å². The van der Waals surface area contributed by atoms with Crippen molar-refractivity contribution >= 4 is 11.9 Å². The Morgan fingerprint density at radius 3 is 1.15 bits per heavy atom. The van der Waals surface area contributed by atoms with Gasteiger partial charge in [0.15, 0.2) is 0 Å². The third-order valence-corrected chi connectivity index (χ3v) is 1.53. The van der Waals surface area contributed by atoms with Crippen LogP contribution in [0, 0.1) is 0 Å². The molecule has 0 amide bonds. The lowest BCUT2D eigenvalue weighted by molar-refractivity contribution is -0.255. The van der Waals surface area contributed by atoms with Gasteiger partial charge in [0, 0.05) is 13.8 Å². The van der Waals surface area contributed by atoms with E-state index < -0.39 is 11.9 Å². The van der Waals surface area contributed by atoms with Crippen LogP contribution in [-0.4, -0.2) is 11.9 Å². The Balaban J connectivity index is 0.000000243. The molecule has 0 bridgehead atoms. The molecule has 1 aliphatic rings. The van der Waals surface area contributed by atoms with E-state index in [4.69, 9.17) is 0 Å². The standard InChI is InChI=1S/C5H10.C4H6O4/c1-2-4-5-3-1;1-3(5)7-8-4(2)6/h1-5H2;1-2H3. The zero-order valence-electron chi connectivity index (χ0n) is 8.17. The largest absolute Gasteiger partial charge is 0.352 e. The molecule has 1 aliphatic carbocycles. The van der Waals surface area contributed by atoms with Crippen LogP contribution in [0.1, 0.15) is 46.0 Å². The molecular weight excluding hydrogens is 172 g/mol. The lowest BCUT2D eigenvalue weighted by Crippen LogP contribution is -2.03. The zero-order valence-corrected chi connectivity index (χ0v) is 8.17. The van der Waals surface area contributed by atoms with Crippen LogP contribution in [0.2, 0.25) is 0 Å². The maximum absolute atomic E-state index is 9.85. The molecule has 4 nitrogen and oxygen atoms in total. The summed E-state index contributed by atoms with van der Waals surface area (Å²) in [5.74, 6) is -1.28. The lowest BCUT2D eigenvalue weighted by Gasteiger charge is -1.93. The SMILES string of the molecule is C1CCCC1.CC(=O)OOC(C)=O. The third-order valence-electron chi connectivity index (χ3n) is 1.53. The fraction of sp³-hybridized carbons (Fsp3) is 0.778. The molecule has 13 heavy (non-hydrogen) atoms. The Kier molecular flexibility index (Phi) is 6.96. The second-order valence-electron chi connectivity index (χ2n) is 2.92. The highest BCUT2D eigenvalue weighted by Gasteiger charge is 1.95. The van der Waals surface area contributed by atoms with Crippen LogP contribution < -0.4 is 0 Å². The highest BCUT2D eigenvalue weighted by Crippen LogP contribution is 2.15. The molecule has 0 spiro atoms. The quantitative estimate of drug-likeness (QED) is 0.431. The van der Waals surface area contributed by atoms with Gasteiger partial charge in [-0.1, -0.05) is 32.1 Å². The molecule has 0 saturated heterocycles. The van der Waals surface area contributed by atoms with Crippen LogP contribution in [0.15, 0.2) is 0 Å². The monoisotopic (exact) mass is 188 g/mol. The highest BCUT2D eigenvalue weighted by atomic mass is 17.2. The number of hydrogen-bond acceptors (Lipinski definition) is 4. The molecule has 0 aliphatic heterocycles. The summed E-state index contributed by atoms with van der Waals surface area (Å²) in [6.07, 6.45) is 7.50. The van der Waals surface area contributed by atoms with E-state index in [0.29, 0.717) is 0 Å². The van der Waals surface area contributed by atoms with Gasteiger partial charge >= 0.3 is 11.9 Å². The molecule has 76 valence electrons. The van der Waals surface area contributed by atoms with Crippen LogP contribution in [0.25, 0.3) is 0 Å². The number of hydrogen-bond donors (Lipinski definition) is 0. The van der Waals surface area contributed by atoms with Gasteiger partial charge in [0.2, 0.25) is 0 Å². The summed E-state index contributed by atoms with van der Waals surface area (Å²) < 4.78 is 0. The summed E-state index contributed by atoms with van der Waals surface area (Å²) >= 11 is 0. The summed E-state index contributed by atoms with van der Waals surface area (Å²) in [6.45, 7) is 2.28. The minimum atomic E-state index is -0.639. The fourth-order valence-electron chi connectivity index (χ4n) is 1.00. The highest BCUT2D eigenvalue weighted by molar-refractivity contribution is 5.69. The van der Waals surface area contributed by atoms with Gasteiger partial charge in [-0.25, -0.2) is 19.4 Å². The van der Waals surface area contributed by atoms with Crippen molar-refractivity contribution in [3.8, 4) is 0 Å². The maximum Gasteiger partial charge on any atom is 0.352 e. The molecule has 0 aromatic heterocycles. The predicted molar refractivity (Wildman–Crippen MR) is 46.6 cm³/mol. The van der Waals surface area contributed by atoms with Gasteiger partial charge in [0.25, 0.3) is 0 Å². The van der Waals surface area contributed by atoms with E-state index in [-0.39, 0.29) is 0 Å². The summed E-state index contributed by atoms with van der Waals surface area (Å²) in [7, 11) is 0. The van der Waals surface area contributed by atoms with Crippen molar-refractivity contribution in [3.05, 3.63) is 0 Å². The Morgan fingerprint density at radius 2 is 1.00 bits per heavy atom. The summed E-state index contributed by atoms with van der Waals surface area (Å²) in [6, 6.07) is 0. The van der Waals surface area contributed by atoms with Gasteiger partial charge in [-0.2, -0.15) is 0 Å². The second kappa shape index (κ2) is 7.58. The Morgan fingerprint density at radius 1 is 0.769 bits per heavy atom. The number of carbonyl (C=O) groups excluding carboxylic acids is 2. The van der Waals surface area contributed by atoms with Gasteiger partial charge < -0.3 is 0 Å². The molecule has 1 fully saturated rings. The first-order valence-electron chi connectivity index (χ1n) is 4.48. The summed E-state index contributed by atoms with van der Waals surface area (Å²) in [4.78, 5) is 27.3. The van der Waals surface area contributed by atoms with Crippen LogP contribution in [0.4, 0.5) is 0 Å². The molecule has 0 radical (unpaired) electrons. The first-order chi connectivity index (χ1) is 6.13. The predicted octanol–water partition coefficient (Wildman–Crippen LogP) is 1.98. The van der Waals surface area contributed by atoms with Gasteiger partial charge in [0.1, 0.15) is 0 Å². The average molecular weight is 188 g/mol. The topological polar surface area (TPSA) is 52.6 Å². The van der Waals surface area contributed by atoms with E-state index in [2.05, 4.69) is 9.78 Å². The van der Waals surface area contributed by atoms with Crippen molar-refractivity contribution in [1.29, 1.82) is 0 Å². The van der Waals surface area contributed by atoms with E-state index in [9.17, 15) is 9.59 Å².